The second-order valence-corrected chi connectivity index (χ2v) is 7.17. The lowest BCUT2D eigenvalue weighted by Crippen LogP contribution is -2.75. The molecule has 25 heavy (non-hydrogen) atoms. The SMILES string of the molecule is CCOC1CC(N)(C(=O)NCc2oc3ccccc3c2C)C1(C)C.Cl. The number of furan rings is 1. The minimum atomic E-state index is -0.910. The molecule has 0 saturated heterocycles. The van der Waals surface area contributed by atoms with E-state index >= 15 is 0 Å². The highest BCUT2D eigenvalue weighted by atomic mass is 35.5. The number of nitrogens with two attached hydrogens (primary N) is 1. The van der Waals surface area contributed by atoms with Crippen molar-refractivity contribution in [1.29, 1.82) is 0 Å². The number of aryl methyl sites for hydroxylation is 1. The minimum Gasteiger partial charge on any atom is -0.459 e. The summed E-state index contributed by atoms with van der Waals surface area (Å²) in [7, 11) is 0. The van der Waals surface area contributed by atoms with Crippen molar-refractivity contribution in [1.82, 2.24) is 5.32 Å². The molecule has 2 aromatic rings. The summed E-state index contributed by atoms with van der Waals surface area (Å²) in [5.41, 5.74) is 6.98. The van der Waals surface area contributed by atoms with E-state index in [4.69, 9.17) is 14.9 Å². The molecule has 6 heteroatoms. The number of para-hydroxylation sites is 1. The van der Waals surface area contributed by atoms with E-state index in [0.29, 0.717) is 19.6 Å². The van der Waals surface area contributed by atoms with Crippen molar-refractivity contribution in [3.63, 3.8) is 0 Å². The largest absolute Gasteiger partial charge is 0.459 e. The Morgan fingerprint density at radius 3 is 2.68 bits per heavy atom. The van der Waals surface area contributed by atoms with Crippen molar-refractivity contribution >= 4 is 29.3 Å². The molecule has 1 aromatic carbocycles. The molecule has 1 saturated carbocycles. The first kappa shape index (κ1) is 19.8. The van der Waals surface area contributed by atoms with Crippen LogP contribution in [0.5, 0.6) is 0 Å². The molecule has 3 N–H and O–H groups in total. The minimum absolute atomic E-state index is 0. The molecule has 1 aliphatic rings. The van der Waals surface area contributed by atoms with Gasteiger partial charge in [0.2, 0.25) is 5.91 Å². The van der Waals surface area contributed by atoms with Gasteiger partial charge in [-0.1, -0.05) is 32.0 Å². The predicted molar refractivity (Wildman–Crippen MR) is 101 cm³/mol. The molecule has 0 aliphatic heterocycles. The molecule has 0 radical (unpaired) electrons. The van der Waals surface area contributed by atoms with Crippen molar-refractivity contribution < 1.29 is 13.9 Å². The number of benzene rings is 1. The summed E-state index contributed by atoms with van der Waals surface area (Å²) in [6, 6.07) is 7.87. The maximum absolute atomic E-state index is 12.7. The van der Waals surface area contributed by atoms with Gasteiger partial charge in [-0.15, -0.1) is 12.4 Å². The number of hydrogen-bond acceptors (Lipinski definition) is 4. The van der Waals surface area contributed by atoms with Gasteiger partial charge in [0.05, 0.1) is 12.6 Å². The van der Waals surface area contributed by atoms with E-state index in [-0.39, 0.29) is 24.4 Å². The van der Waals surface area contributed by atoms with Crippen molar-refractivity contribution in [2.24, 2.45) is 11.1 Å². The number of rotatable bonds is 5. The highest BCUT2D eigenvalue weighted by molar-refractivity contribution is 5.89. The zero-order valence-corrected chi connectivity index (χ0v) is 16.0. The first-order chi connectivity index (χ1) is 11.3. The Kier molecular flexibility index (Phi) is 5.52. The first-order valence-electron chi connectivity index (χ1n) is 8.47. The van der Waals surface area contributed by atoms with Gasteiger partial charge in [-0.25, -0.2) is 0 Å². The normalized spacial score (nSPS) is 24.4. The number of fused-ring (bicyclic) bond motifs is 1. The summed E-state index contributed by atoms with van der Waals surface area (Å²) in [6.07, 6.45) is 0.560. The zero-order valence-electron chi connectivity index (χ0n) is 15.2. The van der Waals surface area contributed by atoms with Crippen LogP contribution in [0.15, 0.2) is 28.7 Å². The van der Waals surface area contributed by atoms with Gasteiger partial charge in [-0.2, -0.15) is 0 Å². The van der Waals surface area contributed by atoms with Crippen LogP contribution >= 0.6 is 12.4 Å². The average molecular weight is 367 g/mol. The molecule has 1 fully saturated rings. The number of halogens is 1. The average Bonchev–Trinajstić information content (AvgIpc) is 2.88. The van der Waals surface area contributed by atoms with Gasteiger partial charge in [-0.05, 0) is 19.9 Å². The van der Waals surface area contributed by atoms with Crippen molar-refractivity contribution in [2.45, 2.75) is 52.3 Å². The number of carbonyl (C=O) groups is 1. The Balaban J connectivity index is 0.00000225. The lowest BCUT2D eigenvalue weighted by atomic mass is 9.54. The second kappa shape index (κ2) is 6.98. The molecule has 2 unspecified atom stereocenters. The van der Waals surface area contributed by atoms with E-state index in [1.807, 2.05) is 52.0 Å². The molecule has 1 amide bonds. The fraction of sp³-hybridized carbons (Fsp3) is 0.526. The molecule has 138 valence electrons. The van der Waals surface area contributed by atoms with Gasteiger partial charge in [-0.3, -0.25) is 4.79 Å². The van der Waals surface area contributed by atoms with Crippen LogP contribution < -0.4 is 11.1 Å². The summed E-state index contributed by atoms with van der Waals surface area (Å²) in [5.74, 6) is 0.620. The third kappa shape index (κ3) is 3.05. The quantitative estimate of drug-likeness (QED) is 0.851. The van der Waals surface area contributed by atoms with Gasteiger partial charge >= 0.3 is 0 Å². The Labute approximate surface area is 154 Å². The van der Waals surface area contributed by atoms with Crippen molar-refractivity contribution in [3.8, 4) is 0 Å². The van der Waals surface area contributed by atoms with E-state index in [1.165, 1.54) is 0 Å². The van der Waals surface area contributed by atoms with Crippen LogP contribution in [0.3, 0.4) is 0 Å². The third-order valence-corrected chi connectivity index (χ3v) is 5.59. The molecular weight excluding hydrogens is 340 g/mol. The second-order valence-electron chi connectivity index (χ2n) is 7.17. The van der Waals surface area contributed by atoms with Gasteiger partial charge in [0.25, 0.3) is 0 Å². The number of carbonyl (C=O) groups excluding carboxylic acids is 1. The first-order valence-corrected chi connectivity index (χ1v) is 8.47. The number of hydrogen-bond donors (Lipinski definition) is 2. The summed E-state index contributed by atoms with van der Waals surface area (Å²) < 4.78 is 11.5. The fourth-order valence-electron chi connectivity index (χ4n) is 3.53. The van der Waals surface area contributed by atoms with Gasteiger partial charge < -0.3 is 20.2 Å². The van der Waals surface area contributed by atoms with Gasteiger partial charge in [0.1, 0.15) is 16.9 Å². The topological polar surface area (TPSA) is 77.5 Å². The predicted octanol–water partition coefficient (Wildman–Crippen LogP) is 3.31. The van der Waals surface area contributed by atoms with E-state index in [9.17, 15) is 4.79 Å². The molecule has 1 aromatic heterocycles. The van der Waals surface area contributed by atoms with Crippen LogP contribution in [0.1, 0.15) is 38.5 Å². The molecule has 0 spiro atoms. The molecule has 2 atom stereocenters. The lowest BCUT2D eigenvalue weighted by Gasteiger charge is -2.57. The monoisotopic (exact) mass is 366 g/mol. The lowest BCUT2D eigenvalue weighted by molar-refractivity contribution is -0.170. The molecule has 1 aliphatic carbocycles. The van der Waals surface area contributed by atoms with E-state index in [2.05, 4.69) is 5.32 Å². The summed E-state index contributed by atoms with van der Waals surface area (Å²) >= 11 is 0. The molecule has 1 heterocycles. The molecule has 3 rings (SSSR count). The Morgan fingerprint density at radius 2 is 2.08 bits per heavy atom. The zero-order chi connectivity index (χ0) is 17.5. The van der Waals surface area contributed by atoms with Gasteiger partial charge in [0, 0.05) is 29.4 Å². The molecule has 5 nitrogen and oxygen atoms in total. The standard InChI is InChI=1S/C19H26N2O3.ClH/c1-5-23-16-10-19(20,18(16,3)4)17(22)21-11-15-12(2)13-8-6-7-9-14(13)24-15;/h6-9,16H,5,10-11,20H2,1-4H3,(H,21,22);1H. The number of amides is 1. The fourth-order valence-corrected chi connectivity index (χ4v) is 3.53. The van der Waals surface area contributed by atoms with Crippen LogP contribution in [-0.4, -0.2) is 24.2 Å². The summed E-state index contributed by atoms with van der Waals surface area (Å²) in [6.45, 7) is 8.91. The third-order valence-electron chi connectivity index (χ3n) is 5.59. The van der Waals surface area contributed by atoms with E-state index in [1.54, 1.807) is 0 Å². The molecular formula is C19H27ClN2O3. The Morgan fingerprint density at radius 1 is 1.40 bits per heavy atom. The van der Waals surface area contributed by atoms with Crippen LogP contribution in [0.2, 0.25) is 0 Å². The maximum atomic E-state index is 12.7. The van der Waals surface area contributed by atoms with E-state index in [0.717, 1.165) is 22.3 Å². The van der Waals surface area contributed by atoms with Crippen LogP contribution in [0.4, 0.5) is 0 Å². The highest BCUT2D eigenvalue weighted by Gasteiger charge is 2.62. The number of nitrogens with one attached hydrogen (secondary N) is 1. The highest BCUT2D eigenvalue weighted by Crippen LogP contribution is 2.49. The van der Waals surface area contributed by atoms with E-state index < -0.39 is 11.0 Å². The smallest absolute Gasteiger partial charge is 0.241 e. The van der Waals surface area contributed by atoms with Crippen molar-refractivity contribution in [2.75, 3.05) is 6.61 Å². The summed E-state index contributed by atoms with van der Waals surface area (Å²) in [5, 5.41) is 4.02. The maximum Gasteiger partial charge on any atom is 0.241 e. The van der Waals surface area contributed by atoms with Crippen LogP contribution in [0.25, 0.3) is 11.0 Å². The summed E-state index contributed by atoms with van der Waals surface area (Å²) in [4.78, 5) is 12.7. The van der Waals surface area contributed by atoms with Crippen LogP contribution in [0, 0.1) is 12.3 Å². The Bertz CT molecular complexity index is 771. The Hall–Kier alpha value is -1.56. The van der Waals surface area contributed by atoms with Gasteiger partial charge in [0.15, 0.2) is 0 Å². The number of ether oxygens (including phenoxy) is 1. The molecule has 0 bridgehead atoms. The van der Waals surface area contributed by atoms with Crippen molar-refractivity contribution in [3.05, 3.63) is 35.6 Å². The van der Waals surface area contributed by atoms with Crippen LogP contribution in [-0.2, 0) is 16.1 Å².